The Morgan fingerprint density at radius 2 is 2.14 bits per heavy atom. The third-order valence-corrected chi connectivity index (χ3v) is 3.65. The van der Waals surface area contributed by atoms with E-state index < -0.39 is 5.97 Å². The summed E-state index contributed by atoms with van der Waals surface area (Å²) in [6.45, 7) is 0.364. The molecule has 0 spiro atoms. The number of hydrogen-bond acceptors (Lipinski definition) is 5. The lowest BCUT2D eigenvalue weighted by Crippen LogP contribution is -2.04. The Hall–Kier alpha value is -1.99. The van der Waals surface area contributed by atoms with Crippen molar-refractivity contribution in [2.45, 2.75) is 11.6 Å². The van der Waals surface area contributed by atoms with Crippen LogP contribution in [0.1, 0.15) is 5.69 Å². The number of aromatic nitrogens is 2. The second-order valence-electron chi connectivity index (χ2n) is 4.17. The Kier molecular flexibility index (Phi) is 5.24. The zero-order valence-electron chi connectivity index (χ0n) is 11.8. The zero-order valence-corrected chi connectivity index (χ0v) is 12.6. The van der Waals surface area contributed by atoms with E-state index >= 15 is 0 Å². The van der Waals surface area contributed by atoms with Crippen molar-refractivity contribution in [1.82, 2.24) is 9.78 Å². The molecule has 0 amide bonds. The molecule has 1 aromatic carbocycles. The summed E-state index contributed by atoms with van der Waals surface area (Å²) in [5.41, 5.74) is 1.49. The van der Waals surface area contributed by atoms with Crippen LogP contribution in [0.3, 0.4) is 0 Å². The summed E-state index contributed by atoms with van der Waals surface area (Å²) >= 11 is 1.21. The third-order valence-electron chi connectivity index (χ3n) is 2.68. The highest BCUT2D eigenvalue weighted by molar-refractivity contribution is 7.99. The number of hydrogen-bond donors (Lipinski definition) is 1. The fourth-order valence-corrected chi connectivity index (χ4v) is 2.60. The molecule has 0 unspecified atom stereocenters. The van der Waals surface area contributed by atoms with Crippen molar-refractivity contribution >= 4 is 17.7 Å². The first kappa shape index (κ1) is 15.4. The first-order chi connectivity index (χ1) is 10.2. The molecule has 112 valence electrons. The molecular formula is C14H16N2O4S. The molecule has 0 fully saturated rings. The predicted molar refractivity (Wildman–Crippen MR) is 79.2 cm³/mol. The van der Waals surface area contributed by atoms with Gasteiger partial charge in [-0.2, -0.15) is 5.10 Å². The summed E-state index contributed by atoms with van der Waals surface area (Å²) in [6, 6.07) is 9.27. The summed E-state index contributed by atoms with van der Waals surface area (Å²) in [5, 5.41) is 14.0. The summed E-state index contributed by atoms with van der Waals surface area (Å²) < 4.78 is 12.1. The number of aliphatic carboxylic acids is 1. The summed E-state index contributed by atoms with van der Waals surface area (Å²) in [4.78, 5) is 10.8. The minimum absolute atomic E-state index is 0.0345. The van der Waals surface area contributed by atoms with E-state index in [9.17, 15) is 4.79 Å². The molecule has 1 aromatic heterocycles. The highest BCUT2D eigenvalue weighted by Crippen LogP contribution is 2.28. The maximum atomic E-state index is 10.8. The van der Waals surface area contributed by atoms with Gasteiger partial charge in [-0.3, -0.25) is 4.79 Å². The number of benzene rings is 1. The lowest BCUT2D eigenvalue weighted by molar-refractivity contribution is -0.133. The van der Waals surface area contributed by atoms with E-state index in [0.717, 1.165) is 16.4 Å². The van der Waals surface area contributed by atoms with Gasteiger partial charge in [-0.25, -0.2) is 4.68 Å². The van der Waals surface area contributed by atoms with Crippen LogP contribution in [0.25, 0.3) is 5.69 Å². The molecular weight excluding hydrogens is 292 g/mol. The van der Waals surface area contributed by atoms with Crippen molar-refractivity contribution < 1.29 is 19.4 Å². The Balaban J connectivity index is 2.41. The summed E-state index contributed by atoms with van der Waals surface area (Å²) in [5.74, 6) is -0.240. The molecule has 0 aliphatic heterocycles. The maximum absolute atomic E-state index is 10.8. The molecule has 0 atom stereocenters. The molecule has 0 radical (unpaired) electrons. The summed E-state index contributed by atoms with van der Waals surface area (Å²) in [7, 11) is 3.18. The van der Waals surface area contributed by atoms with E-state index in [1.807, 2.05) is 30.3 Å². The fraction of sp³-hybridized carbons (Fsp3) is 0.286. The molecule has 21 heavy (non-hydrogen) atoms. The van der Waals surface area contributed by atoms with Crippen molar-refractivity contribution in [3.63, 3.8) is 0 Å². The Morgan fingerprint density at radius 3 is 2.81 bits per heavy atom. The molecule has 1 N–H and O–H groups in total. The first-order valence-corrected chi connectivity index (χ1v) is 7.20. The largest absolute Gasteiger partial charge is 0.494 e. The SMILES string of the molecule is COCc1cc(SCC(=O)O)n(-c2ccccc2OC)n1. The molecule has 7 heteroatoms. The van der Waals surface area contributed by atoms with Gasteiger partial charge in [-0.1, -0.05) is 23.9 Å². The van der Waals surface area contributed by atoms with Gasteiger partial charge in [0.15, 0.2) is 0 Å². The van der Waals surface area contributed by atoms with Crippen LogP contribution in [-0.4, -0.2) is 40.8 Å². The molecule has 0 bridgehead atoms. The van der Waals surface area contributed by atoms with Crippen molar-refractivity contribution in [1.29, 1.82) is 0 Å². The fourth-order valence-electron chi connectivity index (χ4n) is 1.84. The van der Waals surface area contributed by atoms with E-state index in [1.165, 1.54) is 11.8 Å². The van der Waals surface area contributed by atoms with Gasteiger partial charge in [0.25, 0.3) is 0 Å². The number of carboxylic acid groups (broad SMARTS) is 1. The van der Waals surface area contributed by atoms with Gasteiger partial charge in [0.2, 0.25) is 0 Å². The number of carbonyl (C=O) groups is 1. The summed E-state index contributed by atoms with van der Waals surface area (Å²) in [6.07, 6.45) is 0. The molecule has 0 saturated heterocycles. The van der Waals surface area contributed by atoms with Crippen molar-refractivity contribution in [2.24, 2.45) is 0 Å². The molecule has 2 rings (SSSR count). The van der Waals surface area contributed by atoms with Gasteiger partial charge in [-0.05, 0) is 18.2 Å². The van der Waals surface area contributed by atoms with Crippen LogP contribution in [0, 0.1) is 0 Å². The van der Waals surface area contributed by atoms with Crippen LogP contribution >= 0.6 is 11.8 Å². The highest BCUT2D eigenvalue weighted by atomic mass is 32.2. The smallest absolute Gasteiger partial charge is 0.313 e. The number of ether oxygens (including phenoxy) is 2. The van der Waals surface area contributed by atoms with Crippen LogP contribution in [0.4, 0.5) is 0 Å². The minimum Gasteiger partial charge on any atom is -0.494 e. The molecule has 2 aromatic rings. The minimum atomic E-state index is -0.874. The lowest BCUT2D eigenvalue weighted by Gasteiger charge is -2.10. The molecule has 6 nitrogen and oxygen atoms in total. The quantitative estimate of drug-likeness (QED) is 0.791. The maximum Gasteiger partial charge on any atom is 0.313 e. The van der Waals surface area contributed by atoms with Crippen LogP contribution in [-0.2, 0) is 16.1 Å². The van der Waals surface area contributed by atoms with Gasteiger partial charge in [0.1, 0.15) is 16.5 Å². The van der Waals surface area contributed by atoms with E-state index in [4.69, 9.17) is 14.6 Å². The van der Waals surface area contributed by atoms with Crippen molar-refractivity contribution in [2.75, 3.05) is 20.0 Å². The van der Waals surface area contributed by atoms with E-state index in [0.29, 0.717) is 12.4 Å². The van der Waals surface area contributed by atoms with Crippen LogP contribution in [0.15, 0.2) is 35.4 Å². The molecule has 0 aliphatic rings. The average Bonchev–Trinajstić information content (AvgIpc) is 2.88. The second-order valence-corrected chi connectivity index (χ2v) is 5.17. The van der Waals surface area contributed by atoms with Gasteiger partial charge < -0.3 is 14.6 Å². The van der Waals surface area contributed by atoms with Gasteiger partial charge >= 0.3 is 5.97 Å². The van der Waals surface area contributed by atoms with Crippen LogP contribution in [0.2, 0.25) is 0 Å². The number of nitrogens with zero attached hydrogens (tertiary/aromatic N) is 2. The van der Waals surface area contributed by atoms with Crippen LogP contribution < -0.4 is 4.74 Å². The Morgan fingerprint density at radius 1 is 1.38 bits per heavy atom. The van der Waals surface area contributed by atoms with Crippen molar-refractivity contribution in [3.05, 3.63) is 36.0 Å². The number of carboxylic acids is 1. The van der Waals surface area contributed by atoms with E-state index in [1.54, 1.807) is 18.9 Å². The molecule has 1 heterocycles. The normalized spacial score (nSPS) is 10.6. The van der Waals surface area contributed by atoms with Gasteiger partial charge in [0.05, 0.1) is 25.2 Å². The predicted octanol–water partition coefficient (Wildman–Crippen LogP) is 2.20. The standard InChI is InChI=1S/C14H16N2O4S/c1-19-8-10-7-13(21-9-14(17)18)16(15-10)11-5-3-4-6-12(11)20-2/h3-7H,8-9H2,1-2H3,(H,17,18). The van der Waals surface area contributed by atoms with E-state index in [-0.39, 0.29) is 5.75 Å². The molecule has 0 saturated carbocycles. The number of rotatable bonds is 7. The number of thioether (sulfide) groups is 1. The lowest BCUT2D eigenvalue weighted by atomic mass is 10.3. The topological polar surface area (TPSA) is 73.6 Å². The number of para-hydroxylation sites is 2. The molecule has 0 aliphatic carbocycles. The second kappa shape index (κ2) is 7.14. The zero-order chi connectivity index (χ0) is 15.2. The number of methoxy groups -OCH3 is 2. The van der Waals surface area contributed by atoms with Gasteiger partial charge in [-0.15, -0.1) is 0 Å². The monoisotopic (exact) mass is 308 g/mol. The highest BCUT2D eigenvalue weighted by Gasteiger charge is 2.14. The average molecular weight is 308 g/mol. The first-order valence-electron chi connectivity index (χ1n) is 6.21. The van der Waals surface area contributed by atoms with Crippen molar-refractivity contribution in [3.8, 4) is 11.4 Å². The third kappa shape index (κ3) is 3.77. The van der Waals surface area contributed by atoms with Crippen LogP contribution in [0.5, 0.6) is 5.75 Å². The van der Waals surface area contributed by atoms with Gasteiger partial charge in [0, 0.05) is 7.11 Å². The Bertz CT molecular complexity index is 627. The van der Waals surface area contributed by atoms with E-state index in [2.05, 4.69) is 5.10 Å². The Labute approximate surface area is 126 Å².